The van der Waals surface area contributed by atoms with Gasteiger partial charge in [-0.05, 0) is 42.5 Å². The van der Waals surface area contributed by atoms with E-state index in [0.29, 0.717) is 16.7 Å². The molecule has 0 aliphatic carbocycles. The van der Waals surface area contributed by atoms with Gasteiger partial charge in [0.25, 0.3) is 5.91 Å². The van der Waals surface area contributed by atoms with Crippen molar-refractivity contribution in [3.63, 3.8) is 0 Å². The molecular weight excluding hydrogens is 373 g/mol. The lowest BCUT2D eigenvalue weighted by atomic mass is 10.2. The van der Waals surface area contributed by atoms with Crippen LogP contribution >= 0.6 is 0 Å². The van der Waals surface area contributed by atoms with Crippen LogP contribution in [0, 0.1) is 0 Å². The summed E-state index contributed by atoms with van der Waals surface area (Å²) >= 11 is 0. The van der Waals surface area contributed by atoms with Crippen LogP contribution in [0.3, 0.4) is 0 Å². The summed E-state index contributed by atoms with van der Waals surface area (Å²) in [7, 11) is 1.54. The average molecular weight is 386 g/mol. The second-order valence-corrected chi connectivity index (χ2v) is 6.08. The molecule has 2 aromatic heterocycles. The van der Waals surface area contributed by atoms with Crippen molar-refractivity contribution >= 4 is 33.6 Å². The molecule has 2 aromatic carbocycles. The number of alkyl halides is 3. The zero-order valence-electron chi connectivity index (χ0n) is 14.5. The van der Waals surface area contributed by atoms with Gasteiger partial charge in [0.1, 0.15) is 5.75 Å². The van der Waals surface area contributed by atoms with Crippen LogP contribution in [0.4, 0.5) is 18.9 Å². The second-order valence-electron chi connectivity index (χ2n) is 6.08. The number of anilines is 1. The number of benzene rings is 2. The van der Waals surface area contributed by atoms with Gasteiger partial charge in [-0.2, -0.15) is 13.2 Å². The highest BCUT2D eigenvalue weighted by atomic mass is 19.4. The zero-order valence-corrected chi connectivity index (χ0v) is 14.5. The van der Waals surface area contributed by atoms with Gasteiger partial charge < -0.3 is 14.5 Å². The van der Waals surface area contributed by atoms with Crippen molar-refractivity contribution in [3.05, 3.63) is 65.9 Å². The quantitative estimate of drug-likeness (QED) is 0.522. The summed E-state index contributed by atoms with van der Waals surface area (Å²) in [6.45, 7) is 0. The van der Waals surface area contributed by atoms with Crippen LogP contribution in [0.5, 0.6) is 5.75 Å². The van der Waals surface area contributed by atoms with Crippen molar-refractivity contribution in [2.24, 2.45) is 0 Å². The van der Waals surface area contributed by atoms with Gasteiger partial charge >= 0.3 is 6.18 Å². The summed E-state index contributed by atoms with van der Waals surface area (Å²) in [5.41, 5.74) is 0.0425. The van der Waals surface area contributed by atoms with Crippen LogP contribution in [-0.2, 0) is 6.18 Å². The minimum absolute atomic E-state index is 0.0168. The molecule has 0 saturated carbocycles. The fourth-order valence-corrected chi connectivity index (χ4v) is 2.81. The predicted octanol–water partition coefficient (Wildman–Crippen LogP) is 5.26. The molecule has 0 atom stereocenters. The topological polar surface area (TPSA) is 64.4 Å². The highest BCUT2D eigenvalue weighted by Crippen LogP contribution is 2.31. The van der Waals surface area contributed by atoms with Gasteiger partial charge in [-0.25, -0.2) is 4.98 Å². The lowest BCUT2D eigenvalue weighted by Gasteiger charge is -2.09. The summed E-state index contributed by atoms with van der Waals surface area (Å²) in [5, 5.41) is 3.85. The van der Waals surface area contributed by atoms with E-state index in [-0.39, 0.29) is 17.2 Å². The molecule has 0 spiro atoms. The third kappa shape index (κ3) is 3.36. The smallest absolute Gasteiger partial charge is 0.416 e. The Kier molecular flexibility index (Phi) is 4.18. The van der Waals surface area contributed by atoms with E-state index in [4.69, 9.17) is 9.15 Å². The Morgan fingerprint density at radius 1 is 1.07 bits per heavy atom. The molecule has 142 valence electrons. The number of fused-ring (bicyclic) bond motifs is 2. The van der Waals surface area contributed by atoms with Gasteiger partial charge in [0.05, 0.1) is 18.2 Å². The van der Waals surface area contributed by atoms with E-state index in [1.54, 1.807) is 19.2 Å². The molecule has 0 bridgehead atoms. The molecule has 2 heterocycles. The third-order valence-electron chi connectivity index (χ3n) is 4.18. The minimum Gasteiger partial charge on any atom is -0.497 e. The largest absolute Gasteiger partial charge is 0.497 e. The fourth-order valence-electron chi connectivity index (χ4n) is 2.81. The van der Waals surface area contributed by atoms with Gasteiger partial charge in [0.15, 0.2) is 5.76 Å². The number of methoxy groups -OCH3 is 1. The highest BCUT2D eigenvalue weighted by molar-refractivity contribution is 6.05. The van der Waals surface area contributed by atoms with Crippen molar-refractivity contribution in [2.75, 3.05) is 12.4 Å². The van der Waals surface area contributed by atoms with E-state index in [1.807, 2.05) is 12.1 Å². The third-order valence-corrected chi connectivity index (χ3v) is 4.18. The summed E-state index contributed by atoms with van der Waals surface area (Å²) in [6, 6.07) is 13.0. The van der Waals surface area contributed by atoms with Gasteiger partial charge in [0.2, 0.25) is 5.71 Å². The Morgan fingerprint density at radius 3 is 2.64 bits per heavy atom. The lowest BCUT2D eigenvalue weighted by Crippen LogP contribution is -2.12. The summed E-state index contributed by atoms with van der Waals surface area (Å²) in [4.78, 5) is 16.8. The van der Waals surface area contributed by atoms with Crippen molar-refractivity contribution in [1.82, 2.24) is 4.98 Å². The number of carbonyl (C=O) groups excluding carboxylic acids is 1. The SMILES string of the molecule is COc1ccc2cc3cc(C(=O)Nc4cccc(C(F)(F)F)c4)oc3nc2c1. The number of nitrogens with one attached hydrogen (secondary N) is 1. The van der Waals surface area contributed by atoms with Crippen LogP contribution in [0.2, 0.25) is 0 Å². The van der Waals surface area contributed by atoms with Crippen LogP contribution in [0.15, 0.2) is 59.0 Å². The lowest BCUT2D eigenvalue weighted by molar-refractivity contribution is -0.137. The number of hydrogen-bond acceptors (Lipinski definition) is 4. The number of halogens is 3. The zero-order chi connectivity index (χ0) is 19.9. The van der Waals surface area contributed by atoms with Crippen molar-refractivity contribution in [2.45, 2.75) is 6.18 Å². The first-order valence-corrected chi connectivity index (χ1v) is 8.20. The maximum atomic E-state index is 12.8. The maximum absolute atomic E-state index is 12.8. The Labute approximate surface area is 156 Å². The number of aromatic nitrogens is 1. The molecule has 4 rings (SSSR count). The van der Waals surface area contributed by atoms with E-state index in [1.165, 1.54) is 18.2 Å². The van der Waals surface area contributed by atoms with Crippen LogP contribution in [0.1, 0.15) is 16.1 Å². The molecule has 5 nitrogen and oxygen atoms in total. The normalized spacial score (nSPS) is 11.7. The number of hydrogen-bond donors (Lipinski definition) is 1. The molecular formula is C20H13F3N2O3. The molecule has 1 amide bonds. The summed E-state index contributed by atoms with van der Waals surface area (Å²) in [5.74, 6) is -0.0884. The second kappa shape index (κ2) is 6.56. The first-order chi connectivity index (χ1) is 13.3. The Hall–Kier alpha value is -3.55. The van der Waals surface area contributed by atoms with Crippen molar-refractivity contribution in [1.29, 1.82) is 0 Å². The summed E-state index contributed by atoms with van der Waals surface area (Å²) < 4.78 is 49.1. The van der Waals surface area contributed by atoms with E-state index in [0.717, 1.165) is 17.5 Å². The average Bonchev–Trinajstić information content (AvgIpc) is 3.08. The molecule has 0 saturated heterocycles. The molecule has 0 radical (unpaired) electrons. The van der Waals surface area contributed by atoms with Gasteiger partial charge in [-0.3, -0.25) is 4.79 Å². The first kappa shape index (κ1) is 17.8. The Morgan fingerprint density at radius 2 is 1.89 bits per heavy atom. The van der Waals surface area contributed by atoms with E-state index < -0.39 is 17.6 Å². The number of pyridine rings is 1. The van der Waals surface area contributed by atoms with Crippen molar-refractivity contribution in [3.8, 4) is 5.75 Å². The van der Waals surface area contributed by atoms with Gasteiger partial charge in [-0.1, -0.05) is 6.07 Å². The molecule has 0 aliphatic heterocycles. The maximum Gasteiger partial charge on any atom is 0.416 e. The molecule has 28 heavy (non-hydrogen) atoms. The number of nitrogens with zero attached hydrogens (tertiary/aromatic N) is 1. The van der Waals surface area contributed by atoms with E-state index in [9.17, 15) is 18.0 Å². The number of amides is 1. The number of rotatable bonds is 3. The molecule has 8 heteroatoms. The number of ether oxygens (including phenoxy) is 1. The molecule has 0 unspecified atom stereocenters. The van der Waals surface area contributed by atoms with Crippen LogP contribution in [-0.4, -0.2) is 18.0 Å². The molecule has 0 fully saturated rings. The molecule has 1 N–H and O–H groups in total. The van der Waals surface area contributed by atoms with Crippen LogP contribution < -0.4 is 10.1 Å². The highest BCUT2D eigenvalue weighted by Gasteiger charge is 2.30. The number of furan rings is 1. The van der Waals surface area contributed by atoms with Crippen LogP contribution in [0.25, 0.3) is 22.0 Å². The summed E-state index contributed by atoms with van der Waals surface area (Å²) in [6.07, 6.45) is -4.49. The fraction of sp³-hybridized carbons (Fsp3) is 0.100. The predicted molar refractivity (Wildman–Crippen MR) is 97.5 cm³/mol. The Balaban J connectivity index is 1.65. The van der Waals surface area contributed by atoms with E-state index in [2.05, 4.69) is 10.3 Å². The minimum atomic E-state index is -4.49. The van der Waals surface area contributed by atoms with E-state index >= 15 is 0 Å². The Bertz CT molecular complexity index is 1200. The standard InChI is InChI=1S/C20H13F3N2O3/c1-27-15-6-5-11-7-12-8-17(28-19(12)25-16(11)10-15)18(26)24-14-4-2-3-13(9-14)20(21,22)23/h2-10H,1H3,(H,24,26). The molecule has 4 aromatic rings. The van der Waals surface area contributed by atoms with Gasteiger partial charge in [-0.15, -0.1) is 0 Å². The monoisotopic (exact) mass is 386 g/mol. The van der Waals surface area contributed by atoms with Gasteiger partial charge in [0, 0.05) is 22.5 Å². The molecule has 0 aliphatic rings. The van der Waals surface area contributed by atoms with Crippen molar-refractivity contribution < 1.29 is 27.1 Å². The number of carbonyl (C=O) groups is 1. The first-order valence-electron chi connectivity index (χ1n) is 8.20.